The lowest BCUT2D eigenvalue weighted by molar-refractivity contribution is 0.104. The number of nitrogens with zero attached hydrogens (tertiary/aromatic N) is 1. The molecule has 3 rings (SSSR count). The monoisotopic (exact) mass is 244 g/mol. The summed E-state index contributed by atoms with van der Waals surface area (Å²) in [6.45, 7) is 3.63. The molecule has 1 N–H and O–H groups in total. The van der Waals surface area contributed by atoms with Crippen molar-refractivity contribution >= 4 is 0 Å². The average molecular weight is 244 g/mol. The lowest BCUT2D eigenvalue weighted by Crippen LogP contribution is -2.52. The Balaban J connectivity index is 1.70. The summed E-state index contributed by atoms with van der Waals surface area (Å²) in [6.07, 6.45) is 6.84. The van der Waals surface area contributed by atoms with Crippen molar-refractivity contribution in [3.05, 3.63) is 35.9 Å². The molecule has 0 unspecified atom stereocenters. The van der Waals surface area contributed by atoms with Gasteiger partial charge in [0.15, 0.2) is 0 Å². The molecule has 0 spiro atoms. The Kier molecular flexibility index (Phi) is 3.96. The lowest BCUT2D eigenvalue weighted by Gasteiger charge is -2.41. The van der Waals surface area contributed by atoms with Crippen molar-refractivity contribution in [1.29, 1.82) is 0 Å². The molecule has 2 nitrogen and oxygen atoms in total. The van der Waals surface area contributed by atoms with E-state index in [1.165, 1.54) is 50.8 Å². The summed E-state index contributed by atoms with van der Waals surface area (Å²) >= 11 is 0. The fourth-order valence-electron chi connectivity index (χ4n) is 3.53. The number of piperidine rings is 1. The van der Waals surface area contributed by atoms with Gasteiger partial charge >= 0.3 is 0 Å². The third-order valence-electron chi connectivity index (χ3n) is 4.46. The van der Waals surface area contributed by atoms with E-state index in [-0.39, 0.29) is 0 Å². The first-order valence-corrected chi connectivity index (χ1v) is 7.45. The van der Waals surface area contributed by atoms with E-state index < -0.39 is 0 Å². The Morgan fingerprint density at radius 3 is 2.83 bits per heavy atom. The van der Waals surface area contributed by atoms with Crippen molar-refractivity contribution in [1.82, 2.24) is 10.2 Å². The zero-order chi connectivity index (χ0) is 12.2. The zero-order valence-electron chi connectivity index (χ0n) is 11.1. The van der Waals surface area contributed by atoms with Gasteiger partial charge in [-0.25, -0.2) is 0 Å². The van der Waals surface area contributed by atoms with Gasteiger partial charge in [0.2, 0.25) is 0 Å². The summed E-state index contributed by atoms with van der Waals surface area (Å²) in [4.78, 5) is 2.71. The molecule has 18 heavy (non-hydrogen) atoms. The second kappa shape index (κ2) is 5.85. The highest BCUT2D eigenvalue weighted by Gasteiger charge is 2.31. The fraction of sp³-hybridized carbons (Fsp3) is 0.625. The van der Waals surface area contributed by atoms with Crippen molar-refractivity contribution in [3.63, 3.8) is 0 Å². The van der Waals surface area contributed by atoms with Crippen molar-refractivity contribution in [2.75, 3.05) is 13.1 Å². The normalized spacial score (nSPS) is 29.6. The summed E-state index contributed by atoms with van der Waals surface area (Å²) in [5.74, 6) is 0. The molecule has 0 saturated carbocycles. The molecule has 0 amide bonds. The standard InChI is InChI=1S/C16H24N2/c1-2-7-14(8-3-1)13-18-12-6-9-15-16(18)10-4-5-11-17-15/h1-3,7-8,15-17H,4-6,9-13H2/t15-,16+/m1/s1. The van der Waals surface area contributed by atoms with Gasteiger partial charge in [-0.2, -0.15) is 0 Å². The van der Waals surface area contributed by atoms with Crippen LogP contribution in [0.15, 0.2) is 30.3 Å². The summed E-state index contributed by atoms with van der Waals surface area (Å²) in [5.41, 5.74) is 1.46. The van der Waals surface area contributed by atoms with E-state index in [9.17, 15) is 0 Å². The van der Waals surface area contributed by atoms with Gasteiger partial charge in [-0.3, -0.25) is 4.90 Å². The number of hydrogen-bond donors (Lipinski definition) is 1. The highest BCUT2D eigenvalue weighted by molar-refractivity contribution is 5.15. The topological polar surface area (TPSA) is 15.3 Å². The number of nitrogens with one attached hydrogen (secondary N) is 1. The molecule has 2 heterocycles. The number of hydrogen-bond acceptors (Lipinski definition) is 2. The van der Waals surface area contributed by atoms with Gasteiger partial charge in [-0.05, 0) is 44.3 Å². The van der Waals surface area contributed by atoms with Gasteiger partial charge in [-0.1, -0.05) is 36.8 Å². The first kappa shape index (κ1) is 12.2. The van der Waals surface area contributed by atoms with E-state index in [1.807, 2.05) is 0 Å². The minimum atomic E-state index is 0.741. The molecule has 2 heteroatoms. The molecular weight excluding hydrogens is 220 g/mol. The van der Waals surface area contributed by atoms with Crippen molar-refractivity contribution in [2.24, 2.45) is 0 Å². The molecule has 2 saturated heterocycles. The van der Waals surface area contributed by atoms with Crippen molar-refractivity contribution in [3.8, 4) is 0 Å². The fourth-order valence-corrected chi connectivity index (χ4v) is 3.53. The molecule has 1 aromatic carbocycles. The highest BCUT2D eigenvalue weighted by Crippen LogP contribution is 2.25. The summed E-state index contributed by atoms with van der Waals surface area (Å²) < 4.78 is 0. The van der Waals surface area contributed by atoms with Gasteiger partial charge in [0.25, 0.3) is 0 Å². The second-order valence-electron chi connectivity index (χ2n) is 5.72. The van der Waals surface area contributed by atoms with E-state index in [4.69, 9.17) is 0 Å². The Morgan fingerprint density at radius 1 is 1.06 bits per heavy atom. The molecule has 98 valence electrons. The van der Waals surface area contributed by atoms with Crippen molar-refractivity contribution < 1.29 is 0 Å². The Labute approximate surface area is 110 Å². The van der Waals surface area contributed by atoms with Crippen LogP contribution in [-0.2, 0) is 6.54 Å². The molecule has 0 bridgehead atoms. The van der Waals surface area contributed by atoms with Gasteiger partial charge in [-0.15, -0.1) is 0 Å². The van der Waals surface area contributed by atoms with Crippen LogP contribution in [0.3, 0.4) is 0 Å². The Bertz CT molecular complexity index is 363. The van der Waals surface area contributed by atoms with Crippen LogP contribution in [0.2, 0.25) is 0 Å². The third-order valence-corrected chi connectivity index (χ3v) is 4.46. The first-order chi connectivity index (χ1) is 8.93. The van der Waals surface area contributed by atoms with Crippen LogP contribution in [0.5, 0.6) is 0 Å². The van der Waals surface area contributed by atoms with Crippen LogP contribution in [0.1, 0.15) is 37.7 Å². The second-order valence-corrected chi connectivity index (χ2v) is 5.72. The highest BCUT2D eigenvalue weighted by atomic mass is 15.2. The third kappa shape index (κ3) is 2.76. The summed E-state index contributed by atoms with van der Waals surface area (Å²) in [5, 5.41) is 3.76. The van der Waals surface area contributed by atoms with Crippen LogP contribution in [0, 0.1) is 0 Å². The number of benzene rings is 1. The molecule has 1 aromatic rings. The van der Waals surface area contributed by atoms with Crippen molar-refractivity contribution in [2.45, 2.75) is 50.7 Å². The molecule has 2 aliphatic rings. The lowest BCUT2D eigenvalue weighted by atomic mass is 9.93. The molecule has 2 atom stereocenters. The maximum atomic E-state index is 3.76. The molecule has 0 aliphatic carbocycles. The van der Waals surface area contributed by atoms with Gasteiger partial charge in [0, 0.05) is 18.6 Å². The summed E-state index contributed by atoms with van der Waals surface area (Å²) in [6, 6.07) is 12.4. The van der Waals surface area contributed by atoms with Gasteiger partial charge < -0.3 is 5.32 Å². The van der Waals surface area contributed by atoms with Crippen LogP contribution >= 0.6 is 0 Å². The largest absolute Gasteiger partial charge is 0.312 e. The molecular formula is C16H24N2. The van der Waals surface area contributed by atoms with Gasteiger partial charge in [0.05, 0.1) is 0 Å². The maximum absolute atomic E-state index is 3.76. The van der Waals surface area contributed by atoms with E-state index >= 15 is 0 Å². The average Bonchev–Trinajstić information content (AvgIpc) is 2.66. The minimum absolute atomic E-state index is 0.741. The SMILES string of the molecule is c1ccc(CN2CCC[C@H]3NCCCC[C@@H]32)cc1. The minimum Gasteiger partial charge on any atom is -0.312 e. The molecule has 0 radical (unpaired) electrons. The van der Waals surface area contributed by atoms with Crippen LogP contribution in [-0.4, -0.2) is 30.1 Å². The molecule has 0 aromatic heterocycles. The quantitative estimate of drug-likeness (QED) is 0.860. The van der Waals surface area contributed by atoms with E-state index in [2.05, 4.69) is 40.5 Å². The zero-order valence-corrected chi connectivity index (χ0v) is 11.1. The van der Waals surface area contributed by atoms with Crippen LogP contribution in [0.25, 0.3) is 0 Å². The van der Waals surface area contributed by atoms with Crippen LogP contribution < -0.4 is 5.32 Å². The molecule has 2 fully saturated rings. The van der Waals surface area contributed by atoms with Crippen LogP contribution in [0.4, 0.5) is 0 Å². The number of rotatable bonds is 2. The predicted octanol–water partition coefficient (Wildman–Crippen LogP) is 2.79. The molecule has 2 aliphatic heterocycles. The smallest absolute Gasteiger partial charge is 0.0252 e. The Hall–Kier alpha value is -0.860. The predicted molar refractivity (Wildman–Crippen MR) is 75.5 cm³/mol. The summed E-state index contributed by atoms with van der Waals surface area (Å²) in [7, 11) is 0. The van der Waals surface area contributed by atoms with E-state index in [0.29, 0.717) is 0 Å². The Morgan fingerprint density at radius 2 is 1.94 bits per heavy atom. The maximum Gasteiger partial charge on any atom is 0.0252 e. The first-order valence-electron chi connectivity index (χ1n) is 7.45. The number of likely N-dealkylation sites (tertiary alicyclic amines) is 1. The van der Waals surface area contributed by atoms with E-state index in [0.717, 1.165) is 18.6 Å². The van der Waals surface area contributed by atoms with Gasteiger partial charge in [0.1, 0.15) is 0 Å². The number of fused-ring (bicyclic) bond motifs is 1. The van der Waals surface area contributed by atoms with E-state index in [1.54, 1.807) is 0 Å².